The van der Waals surface area contributed by atoms with Crippen LogP contribution in [0.25, 0.3) is 22.4 Å². The molecule has 0 aliphatic rings. The number of pyridine rings is 1. The van der Waals surface area contributed by atoms with Gasteiger partial charge in [0.2, 0.25) is 5.69 Å². The third kappa shape index (κ3) is 3.12. The Hall–Kier alpha value is -2.41. The number of rotatable bonds is 3. The second kappa shape index (κ2) is 6.60. The number of hydrogen-bond donors (Lipinski definition) is 0. The van der Waals surface area contributed by atoms with Gasteiger partial charge in [-0.25, -0.2) is 4.57 Å². The predicted molar refractivity (Wildman–Crippen MR) is 102 cm³/mol. The van der Waals surface area contributed by atoms with Gasteiger partial charge < -0.3 is 0 Å². The summed E-state index contributed by atoms with van der Waals surface area (Å²) < 4.78 is 34.1. The van der Waals surface area contributed by atoms with Crippen LogP contribution in [0.2, 0.25) is 0 Å². The van der Waals surface area contributed by atoms with Crippen LogP contribution in [0.15, 0.2) is 60.8 Å². The van der Waals surface area contributed by atoms with Crippen molar-refractivity contribution in [2.24, 2.45) is 7.05 Å². The van der Waals surface area contributed by atoms with Crippen LogP contribution in [0.1, 0.15) is 41.9 Å². The Morgan fingerprint density at radius 1 is 0.958 bits per heavy atom. The third-order valence-electron chi connectivity index (χ3n) is 4.45. The molecule has 3 rings (SSSR count). The first-order valence-electron chi connectivity index (χ1n) is 10.2. The van der Waals surface area contributed by atoms with Crippen molar-refractivity contribution in [1.29, 1.82) is 0 Å². The summed E-state index contributed by atoms with van der Waals surface area (Å²) in [5.41, 5.74) is 6.05. The van der Waals surface area contributed by atoms with Crippen LogP contribution < -0.4 is 4.57 Å². The van der Waals surface area contributed by atoms with Crippen LogP contribution in [-0.2, 0) is 7.05 Å². The van der Waals surface area contributed by atoms with Gasteiger partial charge >= 0.3 is 0 Å². The molecule has 0 fully saturated rings. The molecule has 1 aromatic heterocycles. The molecule has 0 amide bonds. The standard InChI is InChI=1S/C23H26N/c1-16(2)21-12-10-19(14-18(21)4)20-11-13-23(24(5)15-20)22-9-7-6-8-17(22)3/h6-16H,1-5H3/q+1/i4D3,16D. The molecule has 1 heteroatoms. The summed E-state index contributed by atoms with van der Waals surface area (Å²) >= 11 is 0. The lowest BCUT2D eigenvalue weighted by atomic mass is 9.94. The lowest BCUT2D eigenvalue weighted by Crippen LogP contribution is -2.30. The molecule has 1 nitrogen and oxygen atoms in total. The van der Waals surface area contributed by atoms with Crippen molar-refractivity contribution in [3.05, 3.63) is 77.5 Å². The van der Waals surface area contributed by atoms with Gasteiger partial charge in [-0.05, 0) is 54.1 Å². The average Bonchev–Trinajstić information content (AvgIpc) is 2.60. The third-order valence-corrected chi connectivity index (χ3v) is 4.45. The minimum absolute atomic E-state index is 0.246. The maximum atomic E-state index is 8.29. The molecule has 24 heavy (non-hydrogen) atoms. The largest absolute Gasteiger partial charge is 0.212 e. The van der Waals surface area contributed by atoms with E-state index in [2.05, 4.69) is 29.7 Å². The molecule has 122 valence electrons. The zero-order chi connectivity index (χ0) is 20.7. The monoisotopic (exact) mass is 320 g/mol. The second-order valence-corrected chi connectivity index (χ2v) is 6.49. The molecule has 0 radical (unpaired) electrons. The van der Waals surface area contributed by atoms with Crippen LogP contribution in [0.5, 0.6) is 0 Å². The normalized spacial score (nSPS) is 14.5. The summed E-state index contributed by atoms with van der Waals surface area (Å²) in [5, 5.41) is 0. The highest BCUT2D eigenvalue weighted by molar-refractivity contribution is 5.67. The number of nitrogens with zero attached hydrogens (tertiary/aromatic N) is 1. The Morgan fingerprint density at radius 2 is 1.71 bits per heavy atom. The van der Waals surface area contributed by atoms with Gasteiger partial charge in [0, 0.05) is 22.7 Å². The van der Waals surface area contributed by atoms with E-state index in [0.717, 1.165) is 16.8 Å². The number of hydrogen-bond acceptors (Lipinski definition) is 0. The van der Waals surface area contributed by atoms with Gasteiger partial charge in [0.1, 0.15) is 7.05 Å². The molecule has 0 saturated heterocycles. The Kier molecular flexibility index (Phi) is 3.31. The molecule has 0 saturated carbocycles. The maximum absolute atomic E-state index is 8.29. The Labute approximate surface area is 151 Å². The van der Waals surface area contributed by atoms with Crippen molar-refractivity contribution < 1.29 is 10.1 Å². The summed E-state index contributed by atoms with van der Waals surface area (Å²) in [6.45, 7) is 3.27. The second-order valence-electron chi connectivity index (χ2n) is 6.49. The van der Waals surface area contributed by atoms with E-state index in [9.17, 15) is 0 Å². The van der Waals surface area contributed by atoms with Crippen molar-refractivity contribution in [1.82, 2.24) is 0 Å². The molecule has 0 aliphatic carbocycles. The molecule has 3 aromatic rings. The van der Waals surface area contributed by atoms with Crippen LogP contribution >= 0.6 is 0 Å². The van der Waals surface area contributed by atoms with E-state index in [4.69, 9.17) is 5.48 Å². The molecular weight excluding hydrogens is 290 g/mol. The molecule has 0 spiro atoms. The molecule has 2 aromatic carbocycles. The van der Waals surface area contributed by atoms with Crippen LogP contribution in [0.4, 0.5) is 0 Å². The first-order valence-corrected chi connectivity index (χ1v) is 8.19. The van der Waals surface area contributed by atoms with Gasteiger partial charge in [0.15, 0.2) is 6.20 Å². The molecule has 0 atom stereocenters. The first kappa shape index (κ1) is 12.0. The van der Waals surface area contributed by atoms with E-state index in [1.165, 1.54) is 11.1 Å². The zero-order valence-electron chi connectivity index (χ0n) is 18.7. The Bertz CT molecular complexity index is 1010. The molecule has 1 heterocycles. The molecule has 0 N–H and O–H groups in total. The quantitative estimate of drug-likeness (QED) is 0.554. The SMILES string of the molecule is [2H]C([2H])([2H])c1cc(-c2ccc(-c3ccccc3C)[n+](C)c2)ccc1C([2H])(C)C. The zero-order valence-corrected chi connectivity index (χ0v) is 14.7. The van der Waals surface area contributed by atoms with Crippen molar-refractivity contribution in [2.75, 3.05) is 0 Å². The summed E-state index contributed by atoms with van der Waals surface area (Å²) in [4.78, 5) is 0. The van der Waals surface area contributed by atoms with Crippen molar-refractivity contribution >= 4 is 0 Å². The topological polar surface area (TPSA) is 3.88 Å². The number of benzene rings is 2. The van der Waals surface area contributed by atoms with Gasteiger partial charge in [0.25, 0.3) is 0 Å². The van der Waals surface area contributed by atoms with Crippen molar-refractivity contribution in [3.8, 4) is 22.4 Å². The summed E-state index contributed by atoms with van der Waals surface area (Å²) in [7, 11) is 2.00. The lowest BCUT2D eigenvalue weighted by Gasteiger charge is -2.11. The number of aromatic nitrogens is 1. The van der Waals surface area contributed by atoms with Gasteiger partial charge in [0.05, 0.1) is 0 Å². The average molecular weight is 320 g/mol. The Balaban J connectivity index is 2.10. The highest BCUT2D eigenvalue weighted by atomic mass is 14.9. The summed E-state index contributed by atoms with van der Waals surface area (Å²) in [6.07, 6.45) is 2.02. The van der Waals surface area contributed by atoms with Crippen molar-refractivity contribution in [2.45, 2.75) is 33.5 Å². The molecule has 0 unspecified atom stereocenters. The molecule has 0 aliphatic heterocycles. The summed E-state index contributed by atoms with van der Waals surface area (Å²) in [6, 6.07) is 17.7. The van der Waals surface area contributed by atoms with Crippen LogP contribution in [0.3, 0.4) is 0 Å². The minimum Gasteiger partial charge on any atom is -0.200 e. The Morgan fingerprint density at radius 3 is 2.38 bits per heavy atom. The minimum atomic E-state index is -2.26. The van der Waals surface area contributed by atoms with E-state index in [0.29, 0.717) is 5.56 Å². The fourth-order valence-corrected chi connectivity index (χ4v) is 3.08. The van der Waals surface area contributed by atoms with E-state index in [-0.39, 0.29) is 5.56 Å². The van der Waals surface area contributed by atoms with E-state index in [1.54, 1.807) is 26.0 Å². The molecule has 0 bridgehead atoms. The highest BCUT2D eigenvalue weighted by Crippen LogP contribution is 2.27. The van der Waals surface area contributed by atoms with Gasteiger partial charge in [-0.15, -0.1) is 0 Å². The number of aryl methyl sites for hydroxylation is 3. The lowest BCUT2D eigenvalue weighted by molar-refractivity contribution is -0.659. The van der Waals surface area contributed by atoms with E-state index < -0.39 is 12.7 Å². The first-order chi connectivity index (χ1) is 13.0. The molecular formula is C23H26N+. The van der Waals surface area contributed by atoms with Gasteiger partial charge in [-0.1, -0.05) is 50.2 Å². The fourth-order valence-electron chi connectivity index (χ4n) is 3.08. The van der Waals surface area contributed by atoms with E-state index >= 15 is 0 Å². The van der Waals surface area contributed by atoms with E-state index in [1.807, 2.05) is 37.5 Å². The van der Waals surface area contributed by atoms with Crippen molar-refractivity contribution in [3.63, 3.8) is 0 Å². The summed E-state index contributed by atoms with van der Waals surface area (Å²) in [5.74, 6) is -0.971. The van der Waals surface area contributed by atoms with Crippen LogP contribution in [0, 0.1) is 13.8 Å². The fraction of sp³-hybridized carbons (Fsp3) is 0.261. The van der Waals surface area contributed by atoms with Gasteiger partial charge in [-0.2, -0.15) is 0 Å². The highest BCUT2D eigenvalue weighted by Gasteiger charge is 2.14. The predicted octanol–water partition coefficient (Wildman–Crippen LogP) is 5.59. The van der Waals surface area contributed by atoms with Gasteiger partial charge in [-0.3, -0.25) is 0 Å². The van der Waals surface area contributed by atoms with Crippen LogP contribution in [-0.4, -0.2) is 0 Å². The smallest absolute Gasteiger partial charge is 0.200 e. The maximum Gasteiger partial charge on any atom is 0.212 e.